The van der Waals surface area contributed by atoms with Gasteiger partial charge >= 0.3 is 0 Å². The molecule has 0 saturated carbocycles. The van der Waals surface area contributed by atoms with Crippen molar-refractivity contribution in [3.05, 3.63) is 84.1 Å². The van der Waals surface area contributed by atoms with E-state index in [1.54, 1.807) is 74.3 Å². The summed E-state index contributed by atoms with van der Waals surface area (Å²) in [7, 11) is 0. The lowest BCUT2D eigenvalue weighted by atomic mass is 10.1. The van der Waals surface area contributed by atoms with Gasteiger partial charge in [-0.2, -0.15) is 5.10 Å². The summed E-state index contributed by atoms with van der Waals surface area (Å²) in [6.07, 6.45) is 6.50. The number of hydrogen-bond acceptors (Lipinski definition) is 4. The Balaban J connectivity index is 1.71. The minimum absolute atomic E-state index is 0.111. The Morgan fingerprint density at radius 3 is 2.45 bits per heavy atom. The molecule has 2 amide bonds. The Labute approximate surface area is 192 Å². The molecule has 170 valence electrons. The minimum Gasteiger partial charge on any atom is -0.348 e. The highest BCUT2D eigenvalue weighted by Gasteiger charge is 2.18. The summed E-state index contributed by atoms with van der Waals surface area (Å²) in [5.41, 5.74) is 3.11. The number of rotatable bonds is 8. The van der Waals surface area contributed by atoms with Gasteiger partial charge in [-0.25, -0.2) is 14.1 Å². The average Bonchev–Trinajstić information content (AvgIpc) is 3.23. The van der Waals surface area contributed by atoms with Gasteiger partial charge in [0.15, 0.2) is 0 Å². The van der Waals surface area contributed by atoms with E-state index in [-0.39, 0.29) is 30.1 Å². The van der Waals surface area contributed by atoms with Crippen LogP contribution in [-0.4, -0.2) is 26.6 Å². The first-order valence-electron chi connectivity index (χ1n) is 10.5. The van der Waals surface area contributed by atoms with Crippen molar-refractivity contribution in [2.45, 2.75) is 27.3 Å². The second kappa shape index (κ2) is 10.5. The van der Waals surface area contributed by atoms with Gasteiger partial charge in [0.1, 0.15) is 11.6 Å². The van der Waals surface area contributed by atoms with Gasteiger partial charge in [-0.1, -0.05) is 32.6 Å². The molecule has 7 nitrogen and oxygen atoms in total. The van der Waals surface area contributed by atoms with Gasteiger partial charge in [0.2, 0.25) is 5.91 Å². The SMILES string of the molecule is C=Cc1c(/C(=C\C)C(=O)NCc2ccc(NC(=O)C(C)C)nc2)cnn1-c1ccc(F)cc1. The number of hydrogen-bond donors (Lipinski definition) is 2. The number of anilines is 1. The number of carbonyl (C=O) groups is 2. The first-order chi connectivity index (χ1) is 15.8. The molecule has 2 N–H and O–H groups in total. The van der Waals surface area contributed by atoms with Crippen LogP contribution in [0.5, 0.6) is 0 Å². The molecule has 0 unspecified atom stereocenters. The second-order valence-corrected chi connectivity index (χ2v) is 7.62. The monoisotopic (exact) mass is 447 g/mol. The lowest BCUT2D eigenvalue weighted by molar-refractivity contribution is -0.119. The summed E-state index contributed by atoms with van der Waals surface area (Å²) in [6.45, 7) is 9.48. The molecule has 0 radical (unpaired) electrons. The standard InChI is InChI=1S/C25H26FN5O2/c1-5-20(21-15-29-31(22(21)6-2)19-10-8-18(26)9-11-19)25(33)28-14-17-7-12-23(27-13-17)30-24(32)16(3)4/h5-13,15-16H,2,14H2,1,3-4H3,(H,28,33)(H,27,30,32)/b20-5+. The van der Waals surface area contributed by atoms with Crippen LogP contribution >= 0.6 is 0 Å². The topological polar surface area (TPSA) is 88.9 Å². The fourth-order valence-electron chi connectivity index (χ4n) is 3.11. The second-order valence-electron chi connectivity index (χ2n) is 7.62. The van der Waals surface area contributed by atoms with Crippen LogP contribution in [0, 0.1) is 11.7 Å². The molecule has 0 aliphatic rings. The first-order valence-corrected chi connectivity index (χ1v) is 10.5. The fourth-order valence-corrected chi connectivity index (χ4v) is 3.11. The lowest BCUT2D eigenvalue weighted by Gasteiger charge is -2.11. The van der Waals surface area contributed by atoms with Gasteiger partial charge in [-0.3, -0.25) is 9.59 Å². The molecule has 1 aromatic carbocycles. The largest absolute Gasteiger partial charge is 0.348 e. The van der Waals surface area contributed by atoms with Crippen LogP contribution < -0.4 is 10.6 Å². The minimum atomic E-state index is -0.343. The fraction of sp³-hybridized carbons (Fsp3) is 0.200. The van der Waals surface area contributed by atoms with Crippen molar-refractivity contribution in [2.75, 3.05) is 5.32 Å². The van der Waals surface area contributed by atoms with Crippen LogP contribution in [0.25, 0.3) is 17.3 Å². The van der Waals surface area contributed by atoms with Crippen LogP contribution in [0.15, 0.2) is 61.4 Å². The molecule has 0 bridgehead atoms. The molecule has 8 heteroatoms. The molecule has 0 fully saturated rings. The quantitative estimate of drug-likeness (QED) is 0.502. The Hall–Kier alpha value is -4.07. The zero-order valence-corrected chi connectivity index (χ0v) is 18.8. The van der Waals surface area contributed by atoms with Gasteiger partial charge < -0.3 is 10.6 Å². The molecule has 0 spiro atoms. The van der Waals surface area contributed by atoms with Crippen molar-refractivity contribution in [1.82, 2.24) is 20.1 Å². The Morgan fingerprint density at radius 1 is 1.15 bits per heavy atom. The smallest absolute Gasteiger partial charge is 0.251 e. The third-order valence-corrected chi connectivity index (χ3v) is 4.95. The van der Waals surface area contributed by atoms with E-state index >= 15 is 0 Å². The van der Waals surface area contributed by atoms with Gasteiger partial charge in [-0.05, 0) is 48.9 Å². The van der Waals surface area contributed by atoms with E-state index in [9.17, 15) is 14.0 Å². The van der Waals surface area contributed by atoms with E-state index in [2.05, 4.69) is 27.3 Å². The van der Waals surface area contributed by atoms with E-state index < -0.39 is 0 Å². The zero-order chi connectivity index (χ0) is 24.0. The normalized spacial score (nSPS) is 11.4. The van der Waals surface area contributed by atoms with E-state index in [1.807, 2.05) is 0 Å². The van der Waals surface area contributed by atoms with Crippen molar-refractivity contribution in [3.8, 4) is 5.69 Å². The molecule has 3 aromatic rings. The molecular weight excluding hydrogens is 421 g/mol. The summed E-state index contributed by atoms with van der Waals surface area (Å²) < 4.78 is 14.9. The van der Waals surface area contributed by atoms with Crippen LogP contribution in [0.2, 0.25) is 0 Å². The zero-order valence-electron chi connectivity index (χ0n) is 18.8. The highest BCUT2D eigenvalue weighted by atomic mass is 19.1. The van der Waals surface area contributed by atoms with Crippen LogP contribution in [0.4, 0.5) is 10.2 Å². The van der Waals surface area contributed by atoms with E-state index in [1.165, 1.54) is 12.1 Å². The molecule has 2 heterocycles. The molecule has 3 rings (SSSR count). The number of nitrogens with zero attached hydrogens (tertiary/aromatic N) is 3. The lowest BCUT2D eigenvalue weighted by Crippen LogP contribution is -2.24. The highest BCUT2D eigenvalue weighted by Crippen LogP contribution is 2.24. The van der Waals surface area contributed by atoms with Crippen LogP contribution in [-0.2, 0) is 16.1 Å². The van der Waals surface area contributed by atoms with Crippen molar-refractivity contribution in [2.24, 2.45) is 5.92 Å². The number of halogens is 1. The third kappa shape index (κ3) is 5.60. The van der Waals surface area contributed by atoms with E-state index in [4.69, 9.17) is 0 Å². The summed E-state index contributed by atoms with van der Waals surface area (Å²) in [5, 5.41) is 9.97. The van der Waals surface area contributed by atoms with Crippen molar-refractivity contribution in [1.29, 1.82) is 0 Å². The number of allylic oxidation sites excluding steroid dienone is 1. The number of nitrogens with one attached hydrogen (secondary N) is 2. The predicted octanol–water partition coefficient (Wildman–Crippen LogP) is 4.36. The van der Waals surface area contributed by atoms with E-state index in [0.29, 0.717) is 28.3 Å². The van der Waals surface area contributed by atoms with Gasteiger partial charge in [0.25, 0.3) is 5.91 Å². The highest BCUT2D eigenvalue weighted by molar-refractivity contribution is 6.20. The van der Waals surface area contributed by atoms with Crippen molar-refractivity contribution in [3.63, 3.8) is 0 Å². The number of aromatic nitrogens is 3. The average molecular weight is 448 g/mol. The maximum absolute atomic E-state index is 13.3. The molecule has 0 aliphatic carbocycles. The van der Waals surface area contributed by atoms with Gasteiger partial charge in [-0.15, -0.1) is 0 Å². The molecule has 33 heavy (non-hydrogen) atoms. The maximum atomic E-state index is 13.3. The van der Waals surface area contributed by atoms with Crippen LogP contribution in [0.1, 0.15) is 37.6 Å². The molecular formula is C25H26FN5O2. The molecule has 0 saturated heterocycles. The Kier molecular flexibility index (Phi) is 7.50. The first kappa shape index (κ1) is 23.6. The van der Waals surface area contributed by atoms with Gasteiger partial charge in [0, 0.05) is 29.8 Å². The van der Waals surface area contributed by atoms with E-state index in [0.717, 1.165) is 5.56 Å². The van der Waals surface area contributed by atoms with Crippen LogP contribution in [0.3, 0.4) is 0 Å². The molecule has 0 aliphatic heterocycles. The number of carbonyl (C=O) groups excluding carboxylic acids is 2. The Bertz CT molecular complexity index is 1180. The van der Waals surface area contributed by atoms with Crippen molar-refractivity contribution < 1.29 is 14.0 Å². The third-order valence-electron chi connectivity index (χ3n) is 4.95. The number of amides is 2. The summed E-state index contributed by atoms with van der Waals surface area (Å²) in [4.78, 5) is 28.9. The predicted molar refractivity (Wildman–Crippen MR) is 127 cm³/mol. The molecule has 0 atom stereocenters. The van der Waals surface area contributed by atoms with Gasteiger partial charge in [0.05, 0.1) is 17.6 Å². The molecule has 2 aromatic heterocycles. The number of benzene rings is 1. The summed E-state index contributed by atoms with van der Waals surface area (Å²) >= 11 is 0. The number of pyridine rings is 1. The maximum Gasteiger partial charge on any atom is 0.251 e. The van der Waals surface area contributed by atoms with Crippen molar-refractivity contribution >= 4 is 29.3 Å². The summed E-state index contributed by atoms with van der Waals surface area (Å²) in [6, 6.07) is 9.39. The summed E-state index contributed by atoms with van der Waals surface area (Å²) in [5.74, 6) is -0.416. The Morgan fingerprint density at radius 2 is 1.88 bits per heavy atom.